The van der Waals surface area contributed by atoms with E-state index in [1.807, 2.05) is 0 Å². The summed E-state index contributed by atoms with van der Waals surface area (Å²) in [6.07, 6.45) is 5.15. The van der Waals surface area contributed by atoms with Gasteiger partial charge in [-0.25, -0.2) is 9.67 Å². The Hall–Kier alpha value is -2.60. The van der Waals surface area contributed by atoms with Gasteiger partial charge < -0.3 is 25.4 Å². The second kappa shape index (κ2) is 7.34. The predicted molar refractivity (Wildman–Crippen MR) is 101 cm³/mol. The highest BCUT2D eigenvalue weighted by Gasteiger charge is 2.44. The van der Waals surface area contributed by atoms with Gasteiger partial charge >= 0.3 is 0 Å². The summed E-state index contributed by atoms with van der Waals surface area (Å²) in [5, 5.41) is 37.6. The van der Waals surface area contributed by atoms with Gasteiger partial charge in [-0.05, 0) is 18.9 Å². The molecule has 4 unspecified atom stereocenters. The molecule has 4 N–H and O–H groups in total. The zero-order valence-electron chi connectivity index (χ0n) is 15.7. The van der Waals surface area contributed by atoms with Crippen LogP contribution in [0.5, 0.6) is 0 Å². The van der Waals surface area contributed by atoms with Crippen LogP contribution < -0.4 is 5.32 Å². The number of anilines is 1. The number of rotatable bonds is 5. The lowest BCUT2D eigenvalue weighted by atomic mass is 10.1. The first-order chi connectivity index (χ1) is 14.2. The molecule has 11 heteroatoms. The van der Waals surface area contributed by atoms with Gasteiger partial charge in [0.25, 0.3) is 5.95 Å². The van der Waals surface area contributed by atoms with Crippen molar-refractivity contribution in [2.45, 2.75) is 56.3 Å². The summed E-state index contributed by atoms with van der Waals surface area (Å²) in [5.74, 6) is 0.953. The number of aliphatic hydroxyl groups excluding tert-OH is 3. The number of fused-ring (bicyclic) bond motifs is 1. The van der Waals surface area contributed by atoms with Crippen molar-refractivity contribution in [3.8, 4) is 5.95 Å². The SMILES string of the molecule is OCC1OC(n2cnc3c(NC4CCCC4)nc(-n4cccn4)nc32)C(O)C1O. The van der Waals surface area contributed by atoms with Crippen molar-refractivity contribution in [2.75, 3.05) is 11.9 Å². The van der Waals surface area contributed by atoms with Crippen LogP contribution >= 0.6 is 0 Å². The monoisotopic (exact) mass is 401 g/mol. The Bertz CT molecular complexity index is 986. The molecule has 0 bridgehead atoms. The lowest BCUT2D eigenvalue weighted by Gasteiger charge is -2.18. The van der Waals surface area contributed by atoms with E-state index >= 15 is 0 Å². The van der Waals surface area contributed by atoms with Gasteiger partial charge in [0.2, 0.25) is 0 Å². The minimum atomic E-state index is -1.22. The third-order valence-corrected chi connectivity index (χ3v) is 5.61. The number of imidazole rings is 1. The van der Waals surface area contributed by atoms with Crippen LogP contribution in [0.25, 0.3) is 17.1 Å². The predicted octanol–water partition coefficient (Wildman–Crippen LogP) is -0.0220. The molecule has 1 aliphatic heterocycles. The van der Waals surface area contributed by atoms with Gasteiger partial charge in [-0.2, -0.15) is 15.1 Å². The normalized spacial score (nSPS) is 27.8. The van der Waals surface area contributed by atoms with E-state index in [0.29, 0.717) is 29.0 Å². The zero-order chi connectivity index (χ0) is 20.0. The highest BCUT2D eigenvalue weighted by molar-refractivity contribution is 5.84. The van der Waals surface area contributed by atoms with E-state index in [1.54, 1.807) is 27.7 Å². The summed E-state index contributed by atoms with van der Waals surface area (Å²) in [5.41, 5.74) is 0.992. The average molecular weight is 401 g/mol. The van der Waals surface area contributed by atoms with Crippen molar-refractivity contribution in [2.24, 2.45) is 0 Å². The third-order valence-electron chi connectivity index (χ3n) is 5.61. The number of ether oxygens (including phenoxy) is 1. The molecule has 3 aromatic heterocycles. The summed E-state index contributed by atoms with van der Waals surface area (Å²) in [6, 6.07) is 2.10. The molecule has 4 heterocycles. The Kier molecular flexibility index (Phi) is 4.66. The molecule has 0 amide bonds. The van der Waals surface area contributed by atoms with Gasteiger partial charge in [-0.3, -0.25) is 4.57 Å². The highest BCUT2D eigenvalue weighted by atomic mass is 16.6. The molecule has 3 aromatic rings. The van der Waals surface area contributed by atoms with Crippen LogP contribution in [0.3, 0.4) is 0 Å². The number of aliphatic hydroxyl groups is 3. The first-order valence-corrected chi connectivity index (χ1v) is 9.79. The number of nitrogens with zero attached hydrogens (tertiary/aromatic N) is 6. The van der Waals surface area contributed by atoms with Gasteiger partial charge in [0, 0.05) is 18.4 Å². The lowest BCUT2D eigenvalue weighted by molar-refractivity contribution is -0.0511. The summed E-state index contributed by atoms with van der Waals surface area (Å²) in [6.45, 7) is -0.399. The lowest BCUT2D eigenvalue weighted by Crippen LogP contribution is -2.33. The van der Waals surface area contributed by atoms with Crippen LogP contribution in [0.4, 0.5) is 5.82 Å². The maximum Gasteiger partial charge on any atom is 0.254 e. The summed E-state index contributed by atoms with van der Waals surface area (Å²) < 4.78 is 8.77. The van der Waals surface area contributed by atoms with Crippen molar-refractivity contribution in [3.05, 3.63) is 24.8 Å². The average Bonchev–Trinajstić information content (AvgIpc) is 3.51. The van der Waals surface area contributed by atoms with Crippen molar-refractivity contribution >= 4 is 17.0 Å². The fourth-order valence-electron chi connectivity index (χ4n) is 4.05. The van der Waals surface area contributed by atoms with Crippen LogP contribution in [-0.4, -0.2) is 75.6 Å². The quantitative estimate of drug-likeness (QED) is 0.463. The minimum absolute atomic E-state index is 0.317. The molecular formula is C18H23N7O4. The second-order valence-corrected chi connectivity index (χ2v) is 7.50. The van der Waals surface area contributed by atoms with Gasteiger partial charge in [0.15, 0.2) is 23.2 Å². The molecule has 5 rings (SSSR count). The van der Waals surface area contributed by atoms with Crippen LogP contribution in [0.1, 0.15) is 31.9 Å². The van der Waals surface area contributed by atoms with Crippen LogP contribution in [0.15, 0.2) is 24.8 Å². The number of nitrogens with one attached hydrogen (secondary N) is 1. The molecule has 0 aromatic carbocycles. The molecule has 2 aliphatic rings. The van der Waals surface area contributed by atoms with Crippen molar-refractivity contribution in [3.63, 3.8) is 0 Å². The highest BCUT2D eigenvalue weighted by Crippen LogP contribution is 2.33. The maximum absolute atomic E-state index is 10.4. The molecular weight excluding hydrogens is 378 g/mol. The smallest absolute Gasteiger partial charge is 0.254 e. The van der Waals surface area contributed by atoms with Crippen LogP contribution in [-0.2, 0) is 4.74 Å². The van der Waals surface area contributed by atoms with Gasteiger partial charge in [0.05, 0.1) is 12.9 Å². The van der Waals surface area contributed by atoms with Gasteiger partial charge in [0.1, 0.15) is 18.3 Å². The Labute approximate surface area is 166 Å². The van der Waals surface area contributed by atoms with Crippen molar-refractivity contribution in [1.82, 2.24) is 29.3 Å². The first kappa shape index (κ1) is 18.4. The number of aromatic nitrogens is 6. The van der Waals surface area contributed by atoms with Crippen molar-refractivity contribution < 1.29 is 20.1 Å². The second-order valence-electron chi connectivity index (χ2n) is 7.50. The molecule has 1 saturated carbocycles. The van der Waals surface area contributed by atoms with Crippen LogP contribution in [0, 0.1) is 0 Å². The first-order valence-electron chi connectivity index (χ1n) is 9.79. The fourth-order valence-corrected chi connectivity index (χ4v) is 4.05. The van der Waals surface area contributed by atoms with Gasteiger partial charge in [-0.15, -0.1) is 0 Å². The summed E-state index contributed by atoms with van der Waals surface area (Å²) in [4.78, 5) is 13.7. The Morgan fingerprint density at radius 3 is 2.69 bits per heavy atom. The topological polar surface area (TPSA) is 143 Å². The largest absolute Gasteiger partial charge is 0.394 e. The van der Waals surface area contributed by atoms with E-state index in [4.69, 9.17) is 4.74 Å². The zero-order valence-corrected chi connectivity index (χ0v) is 15.7. The van der Waals surface area contributed by atoms with Crippen molar-refractivity contribution in [1.29, 1.82) is 0 Å². The van der Waals surface area contributed by atoms with E-state index in [2.05, 4.69) is 25.4 Å². The van der Waals surface area contributed by atoms with E-state index in [1.165, 1.54) is 19.2 Å². The van der Waals surface area contributed by atoms with Crippen LogP contribution in [0.2, 0.25) is 0 Å². The number of hydrogen-bond acceptors (Lipinski definition) is 9. The molecule has 29 heavy (non-hydrogen) atoms. The Balaban J connectivity index is 1.60. The van der Waals surface area contributed by atoms with E-state index in [9.17, 15) is 15.3 Å². The summed E-state index contributed by atoms with van der Waals surface area (Å²) >= 11 is 0. The molecule has 4 atom stereocenters. The summed E-state index contributed by atoms with van der Waals surface area (Å²) in [7, 11) is 0. The molecule has 1 aliphatic carbocycles. The van der Waals surface area contributed by atoms with E-state index in [-0.39, 0.29) is 0 Å². The minimum Gasteiger partial charge on any atom is -0.394 e. The Morgan fingerprint density at radius 2 is 2.00 bits per heavy atom. The van der Waals surface area contributed by atoms with Gasteiger partial charge in [-0.1, -0.05) is 12.8 Å². The molecule has 11 nitrogen and oxygen atoms in total. The fraction of sp³-hybridized carbons (Fsp3) is 0.556. The Morgan fingerprint density at radius 1 is 1.17 bits per heavy atom. The molecule has 2 fully saturated rings. The molecule has 0 radical (unpaired) electrons. The third kappa shape index (κ3) is 3.15. The van der Waals surface area contributed by atoms with E-state index < -0.39 is 31.1 Å². The standard InChI is InChI=1S/C18H23N7O4/c26-8-11-13(27)14(28)17(29-11)24-9-19-12-15(21-10-4-1-2-5-10)22-18(23-16(12)24)25-7-3-6-20-25/h3,6-7,9-11,13-14,17,26-28H,1-2,4-5,8H2,(H,21,22,23). The van der Waals surface area contributed by atoms with E-state index in [0.717, 1.165) is 12.8 Å². The molecule has 0 spiro atoms. The maximum atomic E-state index is 10.4. The molecule has 154 valence electrons. The molecule has 1 saturated heterocycles. The number of hydrogen-bond donors (Lipinski definition) is 4.